The molecule has 0 radical (unpaired) electrons. The number of rotatable bonds is 7. The van der Waals surface area contributed by atoms with Gasteiger partial charge in [0.15, 0.2) is 0 Å². The average Bonchev–Trinajstić information content (AvgIpc) is 2.18. The first kappa shape index (κ1) is 14.2. The van der Waals surface area contributed by atoms with Crippen LogP contribution < -0.4 is 0 Å². The van der Waals surface area contributed by atoms with Gasteiger partial charge in [-0.3, -0.25) is 0 Å². The van der Waals surface area contributed by atoms with E-state index in [1.165, 1.54) is 36.8 Å². The van der Waals surface area contributed by atoms with Gasteiger partial charge >= 0.3 is 0 Å². The Balaban J connectivity index is 3.71. The number of hydrogen-bond donors (Lipinski definition) is 0. The lowest BCUT2D eigenvalue weighted by atomic mass is 10.1. The van der Waals surface area contributed by atoms with Crippen LogP contribution in [0.3, 0.4) is 0 Å². The minimum atomic E-state index is 1.16. The van der Waals surface area contributed by atoms with Crippen molar-refractivity contribution in [3.63, 3.8) is 0 Å². The third-order valence-corrected chi connectivity index (χ3v) is 2.53. The van der Waals surface area contributed by atoms with Crippen LogP contribution in [0.1, 0.15) is 59.8 Å². The van der Waals surface area contributed by atoms with Crippen LogP contribution in [0.5, 0.6) is 0 Å². The second-order valence-corrected chi connectivity index (χ2v) is 4.16. The molecule has 0 spiro atoms. The van der Waals surface area contributed by atoms with E-state index in [1.807, 2.05) is 0 Å². The third kappa shape index (κ3) is 9.52. The summed E-state index contributed by atoms with van der Waals surface area (Å²) in [6.07, 6.45) is 15.0. The van der Waals surface area contributed by atoms with Gasteiger partial charge in [0.2, 0.25) is 0 Å². The van der Waals surface area contributed by atoms with Gasteiger partial charge in [-0.15, -0.1) is 0 Å². The van der Waals surface area contributed by atoms with Crippen molar-refractivity contribution >= 4 is 0 Å². The molecule has 0 heteroatoms. The SMILES string of the molecule is C/C=C/CC/C(C)=C\CC/C(C)=C\CC. The normalized spacial score (nSPS) is 13.9. The zero-order valence-corrected chi connectivity index (χ0v) is 10.8. The van der Waals surface area contributed by atoms with Gasteiger partial charge < -0.3 is 0 Å². The van der Waals surface area contributed by atoms with E-state index < -0.39 is 0 Å². The molecule has 0 nitrogen and oxygen atoms in total. The highest BCUT2D eigenvalue weighted by Gasteiger charge is 1.90. The van der Waals surface area contributed by atoms with E-state index >= 15 is 0 Å². The van der Waals surface area contributed by atoms with Gasteiger partial charge in [0.25, 0.3) is 0 Å². The van der Waals surface area contributed by atoms with Crippen molar-refractivity contribution in [2.24, 2.45) is 0 Å². The van der Waals surface area contributed by atoms with E-state index in [-0.39, 0.29) is 0 Å². The predicted octanol–water partition coefficient (Wildman–Crippen LogP) is 5.43. The maximum atomic E-state index is 2.39. The lowest BCUT2D eigenvalue weighted by Crippen LogP contribution is -1.79. The Labute approximate surface area is 95.8 Å². The molecule has 0 aromatic carbocycles. The Bertz CT molecular complexity index is 228. The summed E-state index contributed by atoms with van der Waals surface area (Å²) < 4.78 is 0. The van der Waals surface area contributed by atoms with Gasteiger partial charge in [-0.05, 0) is 52.9 Å². The monoisotopic (exact) mass is 206 g/mol. The molecule has 15 heavy (non-hydrogen) atoms. The molecule has 0 saturated heterocycles. The minimum Gasteiger partial charge on any atom is -0.0917 e. The third-order valence-electron chi connectivity index (χ3n) is 2.53. The largest absolute Gasteiger partial charge is 0.0917 e. The van der Waals surface area contributed by atoms with E-state index in [2.05, 4.69) is 52.0 Å². The van der Waals surface area contributed by atoms with Gasteiger partial charge in [-0.25, -0.2) is 0 Å². The Morgan fingerprint density at radius 3 is 2.13 bits per heavy atom. The maximum absolute atomic E-state index is 2.39. The summed E-state index contributed by atoms with van der Waals surface area (Å²) in [5.74, 6) is 0. The molecule has 0 aromatic heterocycles. The van der Waals surface area contributed by atoms with Crippen molar-refractivity contribution in [3.05, 3.63) is 35.5 Å². The van der Waals surface area contributed by atoms with Gasteiger partial charge in [0.1, 0.15) is 0 Å². The first-order chi connectivity index (χ1) is 7.20. The molecule has 0 aliphatic heterocycles. The van der Waals surface area contributed by atoms with E-state index in [9.17, 15) is 0 Å². The molecule has 0 rings (SSSR count). The van der Waals surface area contributed by atoms with Crippen molar-refractivity contribution in [1.82, 2.24) is 0 Å². The predicted molar refractivity (Wildman–Crippen MR) is 71.1 cm³/mol. The van der Waals surface area contributed by atoms with Crippen LogP contribution in [0.25, 0.3) is 0 Å². The molecule has 0 atom stereocenters. The molecule has 0 saturated carbocycles. The van der Waals surface area contributed by atoms with E-state index in [0.29, 0.717) is 0 Å². The molecule has 0 heterocycles. The fourth-order valence-electron chi connectivity index (χ4n) is 1.58. The Morgan fingerprint density at radius 2 is 1.53 bits per heavy atom. The summed E-state index contributed by atoms with van der Waals surface area (Å²) in [5.41, 5.74) is 3.05. The lowest BCUT2D eigenvalue weighted by molar-refractivity contribution is 0.916. The molecule has 0 aliphatic rings. The van der Waals surface area contributed by atoms with Crippen LogP contribution in [0, 0.1) is 0 Å². The average molecular weight is 206 g/mol. The fraction of sp³-hybridized carbons (Fsp3) is 0.600. The summed E-state index contributed by atoms with van der Waals surface area (Å²) in [4.78, 5) is 0. The zero-order chi connectivity index (χ0) is 11.5. The highest BCUT2D eigenvalue weighted by atomic mass is 14.0. The quantitative estimate of drug-likeness (QED) is 0.487. The number of hydrogen-bond acceptors (Lipinski definition) is 0. The summed E-state index contributed by atoms with van der Waals surface area (Å²) >= 11 is 0. The lowest BCUT2D eigenvalue weighted by Gasteiger charge is -2.00. The van der Waals surface area contributed by atoms with Crippen LogP contribution in [-0.2, 0) is 0 Å². The second kappa shape index (κ2) is 9.76. The smallest absolute Gasteiger partial charge is 0.0288 e. The van der Waals surface area contributed by atoms with Crippen molar-refractivity contribution in [3.8, 4) is 0 Å². The van der Waals surface area contributed by atoms with Gasteiger partial charge in [0.05, 0.1) is 0 Å². The standard InChI is InChI=1S/C15H26/c1-5-7-8-11-15(4)13-9-12-14(3)10-6-2/h5,7,10,13H,6,8-9,11-12H2,1-4H3/b7-5+,14-10-,15-13-. The fourth-order valence-corrected chi connectivity index (χ4v) is 1.58. The molecule has 0 N–H and O–H groups in total. The topological polar surface area (TPSA) is 0 Å². The zero-order valence-electron chi connectivity index (χ0n) is 10.8. The van der Waals surface area contributed by atoms with Crippen LogP contribution in [0.15, 0.2) is 35.5 Å². The molecular weight excluding hydrogens is 180 g/mol. The molecule has 0 unspecified atom stereocenters. The molecule has 86 valence electrons. The van der Waals surface area contributed by atoms with Gasteiger partial charge in [-0.1, -0.05) is 42.4 Å². The van der Waals surface area contributed by atoms with Crippen LogP contribution >= 0.6 is 0 Å². The Kier molecular flexibility index (Phi) is 9.26. The summed E-state index contributed by atoms with van der Waals surface area (Å²) in [5, 5.41) is 0. The highest BCUT2D eigenvalue weighted by molar-refractivity contribution is 5.04. The first-order valence-electron chi connectivity index (χ1n) is 6.13. The molecule has 0 aliphatic carbocycles. The van der Waals surface area contributed by atoms with Crippen LogP contribution in [0.2, 0.25) is 0 Å². The van der Waals surface area contributed by atoms with Crippen LogP contribution in [0.4, 0.5) is 0 Å². The molecule has 0 amide bonds. The summed E-state index contributed by atoms with van der Waals surface area (Å²) in [6, 6.07) is 0. The molecule has 0 fully saturated rings. The molecule has 0 aromatic rings. The van der Waals surface area contributed by atoms with Crippen LogP contribution in [-0.4, -0.2) is 0 Å². The maximum Gasteiger partial charge on any atom is -0.0288 e. The Morgan fingerprint density at radius 1 is 0.933 bits per heavy atom. The van der Waals surface area contributed by atoms with E-state index in [4.69, 9.17) is 0 Å². The van der Waals surface area contributed by atoms with Crippen molar-refractivity contribution < 1.29 is 0 Å². The highest BCUT2D eigenvalue weighted by Crippen LogP contribution is 2.10. The van der Waals surface area contributed by atoms with Crippen molar-refractivity contribution in [1.29, 1.82) is 0 Å². The summed E-state index contributed by atoms with van der Waals surface area (Å²) in [7, 11) is 0. The Hall–Kier alpha value is -0.780. The number of allylic oxidation sites excluding steroid dienone is 6. The molecular formula is C15H26. The van der Waals surface area contributed by atoms with E-state index in [0.717, 1.165) is 6.42 Å². The van der Waals surface area contributed by atoms with Crippen molar-refractivity contribution in [2.45, 2.75) is 59.8 Å². The van der Waals surface area contributed by atoms with Gasteiger partial charge in [0, 0.05) is 0 Å². The first-order valence-corrected chi connectivity index (χ1v) is 6.13. The minimum absolute atomic E-state index is 1.16. The van der Waals surface area contributed by atoms with E-state index in [1.54, 1.807) is 0 Å². The van der Waals surface area contributed by atoms with Gasteiger partial charge in [-0.2, -0.15) is 0 Å². The second-order valence-electron chi connectivity index (χ2n) is 4.16. The summed E-state index contributed by atoms with van der Waals surface area (Å²) in [6.45, 7) is 8.74. The molecule has 0 bridgehead atoms. The van der Waals surface area contributed by atoms with Crippen molar-refractivity contribution in [2.75, 3.05) is 0 Å².